The summed E-state index contributed by atoms with van der Waals surface area (Å²) >= 11 is 5.92. The van der Waals surface area contributed by atoms with Crippen molar-refractivity contribution in [2.45, 2.75) is 0 Å². The lowest BCUT2D eigenvalue weighted by Gasteiger charge is -2.28. The SMILES string of the molecule is N#Cc1c(Oc2ccn(-c3ccc(Cl)cc3)n2)ncnc1N1CCNCC1. The summed E-state index contributed by atoms with van der Waals surface area (Å²) in [7, 11) is 0. The number of benzene rings is 1. The first-order valence-corrected chi connectivity index (χ1v) is 8.82. The molecule has 0 atom stereocenters. The first-order valence-electron chi connectivity index (χ1n) is 8.45. The molecule has 3 aromatic rings. The van der Waals surface area contributed by atoms with Crippen LogP contribution in [-0.2, 0) is 0 Å². The molecular weight excluding hydrogens is 366 g/mol. The topological polar surface area (TPSA) is 91.9 Å². The minimum absolute atomic E-state index is 0.197. The van der Waals surface area contributed by atoms with Crippen LogP contribution in [0, 0.1) is 11.3 Å². The van der Waals surface area contributed by atoms with Crippen LogP contribution in [-0.4, -0.2) is 45.9 Å². The molecule has 1 N–H and O–H groups in total. The molecule has 0 radical (unpaired) electrons. The number of ether oxygens (including phenoxy) is 1. The van der Waals surface area contributed by atoms with Crippen molar-refractivity contribution >= 4 is 17.4 Å². The summed E-state index contributed by atoms with van der Waals surface area (Å²) < 4.78 is 7.45. The summed E-state index contributed by atoms with van der Waals surface area (Å²) in [6.45, 7) is 3.24. The van der Waals surface area contributed by atoms with E-state index < -0.39 is 0 Å². The van der Waals surface area contributed by atoms with E-state index in [0.717, 1.165) is 31.9 Å². The average Bonchev–Trinajstić information content (AvgIpc) is 3.17. The van der Waals surface area contributed by atoms with E-state index in [2.05, 4.69) is 31.4 Å². The molecule has 0 bridgehead atoms. The van der Waals surface area contributed by atoms with Crippen molar-refractivity contribution < 1.29 is 4.74 Å². The molecule has 1 saturated heterocycles. The fourth-order valence-corrected chi connectivity index (χ4v) is 2.98. The van der Waals surface area contributed by atoms with Gasteiger partial charge < -0.3 is 15.0 Å². The maximum atomic E-state index is 9.63. The van der Waals surface area contributed by atoms with Crippen molar-refractivity contribution in [3.05, 3.63) is 53.4 Å². The summed E-state index contributed by atoms with van der Waals surface area (Å²) in [6, 6.07) is 11.2. The summed E-state index contributed by atoms with van der Waals surface area (Å²) in [5, 5.41) is 17.9. The van der Waals surface area contributed by atoms with E-state index in [0.29, 0.717) is 22.3 Å². The van der Waals surface area contributed by atoms with Crippen molar-refractivity contribution in [3.8, 4) is 23.5 Å². The predicted octanol–water partition coefficient (Wildman–Crippen LogP) is 2.39. The summed E-state index contributed by atoms with van der Waals surface area (Å²) in [6.07, 6.45) is 3.17. The number of anilines is 1. The largest absolute Gasteiger partial charge is 0.417 e. The molecule has 2 aromatic heterocycles. The van der Waals surface area contributed by atoms with Gasteiger partial charge in [0.25, 0.3) is 0 Å². The van der Waals surface area contributed by atoms with E-state index in [1.54, 1.807) is 29.1 Å². The third-order valence-electron chi connectivity index (χ3n) is 4.18. The lowest BCUT2D eigenvalue weighted by atomic mass is 10.2. The van der Waals surface area contributed by atoms with Crippen LogP contribution in [0.2, 0.25) is 5.02 Å². The Balaban J connectivity index is 1.59. The lowest BCUT2D eigenvalue weighted by Crippen LogP contribution is -2.44. The highest BCUT2D eigenvalue weighted by atomic mass is 35.5. The van der Waals surface area contributed by atoms with Crippen molar-refractivity contribution in [1.29, 1.82) is 5.26 Å². The van der Waals surface area contributed by atoms with Gasteiger partial charge in [-0.05, 0) is 24.3 Å². The van der Waals surface area contributed by atoms with Gasteiger partial charge in [-0.3, -0.25) is 0 Å². The van der Waals surface area contributed by atoms with Gasteiger partial charge in [0, 0.05) is 43.5 Å². The third kappa shape index (κ3) is 3.69. The van der Waals surface area contributed by atoms with Gasteiger partial charge in [-0.15, -0.1) is 5.10 Å². The minimum Gasteiger partial charge on any atom is -0.417 e. The molecule has 1 fully saturated rings. The van der Waals surface area contributed by atoms with Gasteiger partial charge in [0.1, 0.15) is 12.4 Å². The second kappa shape index (κ2) is 7.61. The standard InChI is InChI=1S/C18H16ClN7O/c19-13-1-3-14(4-2-13)26-8-5-16(24-26)27-18-15(11-20)17(22-12-23-18)25-9-6-21-7-10-25/h1-5,8,12,21H,6-7,9-10H2. The number of nitriles is 1. The second-order valence-electron chi connectivity index (χ2n) is 5.90. The van der Waals surface area contributed by atoms with Crippen molar-refractivity contribution in [1.82, 2.24) is 25.1 Å². The van der Waals surface area contributed by atoms with Gasteiger partial charge >= 0.3 is 0 Å². The zero-order valence-corrected chi connectivity index (χ0v) is 15.1. The van der Waals surface area contributed by atoms with Crippen molar-refractivity contribution in [2.75, 3.05) is 31.1 Å². The number of nitrogens with one attached hydrogen (secondary N) is 1. The van der Waals surface area contributed by atoms with E-state index in [9.17, 15) is 5.26 Å². The van der Waals surface area contributed by atoms with Crippen LogP contribution >= 0.6 is 11.6 Å². The summed E-state index contributed by atoms with van der Waals surface area (Å²) in [5.74, 6) is 1.12. The van der Waals surface area contributed by atoms with E-state index in [-0.39, 0.29) is 5.88 Å². The molecule has 8 nitrogen and oxygen atoms in total. The number of hydrogen-bond donors (Lipinski definition) is 1. The number of hydrogen-bond acceptors (Lipinski definition) is 7. The van der Waals surface area contributed by atoms with Crippen LogP contribution in [0.3, 0.4) is 0 Å². The molecule has 0 spiro atoms. The van der Waals surface area contributed by atoms with Crippen LogP contribution < -0.4 is 15.0 Å². The minimum atomic E-state index is 0.197. The Kier molecular flexibility index (Phi) is 4.87. The summed E-state index contributed by atoms with van der Waals surface area (Å²) in [5.41, 5.74) is 1.15. The molecule has 1 aliphatic heterocycles. The molecule has 3 heterocycles. The fraction of sp³-hybridized carbons (Fsp3) is 0.222. The smallest absolute Gasteiger partial charge is 0.244 e. The van der Waals surface area contributed by atoms with Gasteiger partial charge in [-0.2, -0.15) is 5.26 Å². The molecule has 4 rings (SSSR count). The Labute approximate surface area is 161 Å². The maximum absolute atomic E-state index is 9.63. The molecule has 1 aromatic carbocycles. The Bertz CT molecular complexity index is 974. The molecule has 136 valence electrons. The van der Waals surface area contributed by atoms with Crippen LogP contribution in [0.25, 0.3) is 5.69 Å². The second-order valence-corrected chi connectivity index (χ2v) is 6.34. The number of rotatable bonds is 4. The van der Waals surface area contributed by atoms with Crippen LogP contribution in [0.1, 0.15) is 5.56 Å². The fourth-order valence-electron chi connectivity index (χ4n) is 2.85. The maximum Gasteiger partial charge on any atom is 0.244 e. The monoisotopic (exact) mass is 381 g/mol. The molecule has 1 aliphatic rings. The molecule has 0 aliphatic carbocycles. The van der Waals surface area contributed by atoms with Gasteiger partial charge in [0.15, 0.2) is 11.4 Å². The average molecular weight is 382 g/mol. The van der Waals surface area contributed by atoms with Crippen LogP contribution in [0.15, 0.2) is 42.9 Å². The van der Waals surface area contributed by atoms with Gasteiger partial charge in [-0.25, -0.2) is 14.6 Å². The first kappa shape index (κ1) is 17.3. The van der Waals surface area contributed by atoms with Crippen molar-refractivity contribution in [2.24, 2.45) is 0 Å². The molecular formula is C18H16ClN7O. The third-order valence-corrected chi connectivity index (χ3v) is 4.43. The quantitative estimate of drug-likeness (QED) is 0.741. The number of halogens is 1. The Morgan fingerprint density at radius 1 is 1.11 bits per heavy atom. The lowest BCUT2D eigenvalue weighted by molar-refractivity contribution is 0.436. The van der Waals surface area contributed by atoms with Crippen LogP contribution in [0.5, 0.6) is 11.8 Å². The predicted molar refractivity (Wildman–Crippen MR) is 100 cm³/mol. The van der Waals surface area contributed by atoms with Gasteiger partial charge in [0.05, 0.1) is 5.69 Å². The van der Waals surface area contributed by atoms with Crippen molar-refractivity contribution in [3.63, 3.8) is 0 Å². The van der Waals surface area contributed by atoms with E-state index in [1.807, 2.05) is 12.1 Å². The molecule has 0 amide bonds. The number of piperazine rings is 1. The molecule has 27 heavy (non-hydrogen) atoms. The normalized spacial score (nSPS) is 14.0. The van der Waals surface area contributed by atoms with Crippen LogP contribution in [0.4, 0.5) is 5.82 Å². The zero-order valence-electron chi connectivity index (χ0n) is 14.3. The zero-order chi connectivity index (χ0) is 18.6. The van der Waals surface area contributed by atoms with Gasteiger partial charge in [0.2, 0.25) is 11.8 Å². The summed E-state index contributed by atoms with van der Waals surface area (Å²) in [4.78, 5) is 10.5. The van der Waals surface area contributed by atoms with E-state index in [4.69, 9.17) is 16.3 Å². The van der Waals surface area contributed by atoms with E-state index in [1.165, 1.54) is 6.33 Å². The number of aromatic nitrogens is 4. The molecule has 0 unspecified atom stereocenters. The molecule has 9 heteroatoms. The Morgan fingerprint density at radius 2 is 1.89 bits per heavy atom. The first-order chi connectivity index (χ1) is 13.2. The van der Waals surface area contributed by atoms with Gasteiger partial charge in [-0.1, -0.05) is 11.6 Å². The highest BCUT2D eigenvalue weighted by Crippen LogP contribution is 2.28. The molecule has 0 saturated carbocycles. The number of nitrogens with zero attached hydrogens (tertiary/aromatic N) is 6. The highest BCUT2D eigenvalue weighted by Gasteiger charge is 2.20. The van der Waals surface area contributed by atoms with E-state index >= 15 is 0 Å². The Morgan fingerprint density at radius 3 is 2.63 bits per heavy atom. The Hall–Kier alpha value is -3.15. The highest BCUT2D eigenvalue weighted by molar-refractivity contribution is 6.30.